The lowest BCUT2D eigenvalue weighted by Crippen LogP contribution is -2.19. The molecule has 0 saturated heterocycles. The van der Waals surface area contributed by atoms with Crippen molar-refractivity contribution in [2.75, 3.05) is 27.9 Å². The molecule has 0 aromatic heterocycles. The van der Waals surface area contributed by atoms with E-state index in [2.05, 4.69) is 0 Å². The average Bonchev–Trinajstić information content (AvgIpc) is 2.63. The number of rotatable bonds is 4. The predicted molar refractivity (Wildman–Crippen MR) is 90.3 cm³/mol. The molecule has 1 heterocycles. The molecule has 0 bridgehead atoms. The first-order valence-corrected chi connectivity index (χ1v) is 7.45. The third-order valence-corrected chi connectivity index (χ3v) is 3.87. The lowest BCUT2D eigenvalue weighted by atomic mass is 9.98. The molecule has 0 aliphatic carbocycles. The van der Waals surface area contributed by atoms with Crippen LogP contribution in [0, 0.1) is 0 Å². The molecule has 0 amide bonds. The van der Waals surface area contributed by atoms with E-state index in [-0.39, 0.29) is 12.4 Å². The van der Waals surface area contributed by atoms with E-state index in [0.29, 0.717) is 34.1 Å². The third kappa shape index (κ3) is 2.80. The minimum Gasteiger partial charge on any atom is -0.497 e. The summed E-state index contributed by atoms with van der Waals surface area (Å²) in [6.07, 6.45) is 1.77. The second-order valence-electron chi connectivity index (χ2n) is 5.23. The predicted octanol–water partition coefficient (Wildman–Crippen LogP) is 3.37. The Kier molecular flexibility index (Phi) is 4.42. The molecule has 0 N–H and O–H groups in total. The molecule has 2 aromatic carbocycles. The van der Waals surface area contributed by atoms with Gasteiger partial charge in [0.05, 0.1) is 26.9 Å². The van der Waals surface area contributed by atoms with E-state index in [0.717, 1.165) is 5.56 Å². The Morgan fingerprint density at radius 2 is 1.88 bits per heavy atom. The van der Waals surface area contributed by atoms with Crippen molar-refractivity contribution in [1.82, 2.24) is 0 Å². The van der Waals surface area contributed by atoms with Crippen LogP contribution < -0.4 is 18.9 Å². The third-order valence-electron chi connectivity index (χ3n) is 3.87. The summed E-state index contributed by atoms with van der Waals surface area (Å²) in [5.41, 5.74) is 1.80. The monoisotopic (exact) mass is 326 g/mol. The molecule has 2 aromatic rings. The van der Waals surface area contributed by atoms with Gasteiger partial charge >= 0.3 is 0 Å². The van der Waals surface area contributed by atoms with Crippen LogP contribution in [0.1, 0.15) is 15.9 Å². The number of ether oxygens (including phenoxy) is 4. The molecule has 1 aliphatic rings. The first-order valence-electron chi connectivity index (χ1n) is 7.45. The van der Waals surface area contributed by atoms with Crippen molar-refractivity contribution in [2.24, 2.45) is 0 Å². The van der Waals surface area contributed by atoms with Crippen molar-refractivity contribution in [3.05, 3.63) is 53.1 Å². The zero-order chi connectivity index (χ0) is 17.1. The number of Topliss-reactive ketones (excluding diaryl/α,β-unsaturated/α-hetero) is 1. The van der Waals surface area contributed by atoms with E-state index in [1.165, 1.54) is 0 Å². The minimum atomic E-state index is -0.0833. The second kappa shape index (κ2) is 6.66. The maximum Gasteiger partial charge on any atom is 0.196 e. The van der Waals surface area contributed by atoms with Gasteiger partial charge in [0.25, 0.3) is 0 Å². The Morgan fingerprint density at radius 3 is 2.58 bits per heavy atom. The largest absolute Gasteiger partial charge is 0.497 e. The highest BCUT2D eigenvalue weighted by Crippen LogP contribution is 2.35. The number of methoxy groups -OCH3 is 3. The van der Waals surface area contributed by atoms with Gasteiger partial charge in [-0.25, -0.2) is 0 Å². The Labute approximate surface area is 140 Å². The number of hydrogen-bond donors (Lipinski definition) is 0. The Balaban J connectivity index is 2.02. The smallest absolute Gasteiger partial charge is 0.196 e. The SMILES string of the molecule is COc1ccc2c(c1)C(=O)/C(=C/c1cccc(OC)c1OC)CO2. The first kappa shape index (κ1) is 15.9. The maximum absolute atomic E-state index is 12.8. The van der Waals surface area contributed by atoms with Gasteiger partial charge < -0.3 is 18.9 Å². The molecule has 0 spiro atoms. The van der Waals surface area contributed by atoms with Crippen LogP contribution in [0.2, 0.25) is 0 Å². The molecule has 0 atom stereocenters. The molecule has 0 radical (unpaired) electrons. The summed E-state index contributed by atoms with van der Waals surface area (Å²) in [5, 5.41) is 0. The van der Waals surface area contributed by atoms with Gasteiger partial charge in [-0.3, -0.25) is 4.79 Å². The van der Waals surface area contributed by atoms with Crippen LogP contribution in [0.25, 0.3) is 6.08 Å². The summed E-state index contributed by atoms with van der Waals surface area (Å²) >= 11 is 0. The standard InChI is InChI=1S/C19H18O5/c1-21-14-7-8-16-15(10-14)18(20)13(11-24-16)9-12-5-4-6-17(22-2)19(12)23-3/h4-10H,11H2,1-3H3/b13-9+. The number of fused-ring (bicyclic) bond motifs is 1. The van der Waals surface area contributed by atoms with Crippen molar-refractivity contribution in [2.45, 2.75) is 0 Å². The molecule has 0 fully saturated rings. The molecule has 24 heavy (non-hydrogen) atoms. The van der Waals surface area contributed by atoms with Gasteiger partial charge in [0.15, 0.2) is 17.3 Å². The normalized spacial score (nSPS) is 14.8. The maximum atomic E-state index is 12.8. The molecule has 124 valence electrons. The van der Waals surface area contributed by atoms with Gasteiger partial charge in [0.1, 0.15) is 18.1 Å². The van der Waals surface area contributed by atoms with E-state index in [1.807, 2.05) is 12.1 Å². The van der Waals surface area contributed by atoms with E-state index < -0.39 is 0 Å². The van der Waals surface area contributed by atoms with Crippen molar-refractivity contribution >= 4 is 11.9 Å². The van der Waals surface area contributed by atoms with E-state index in [1.54, 1.807) is 51.7 Å². The summed E-state index contributed by atoms with van der Waals surface area (Å²) in [6, 6.07) is 10.7. The second-order valence-corrected chi connectivity index (χ2v) is 5.23. The fourth-order valence-corrected chi connectivity index (χ4v) is 2.65. The summed E-state index contributed by atoms with van der Waals surface area (Å²) in [6.45, 7) is 0.207. The van der Waals surface area contributed by atoms with E-state index >= 15 is 0 Å². The molecule has 0 unspecified atom stereocenters. The Morgan fingerprint density at radius 1 is 1.04 bits per heavy atom. The van der Waals surface area contributed by atoms with E-state index in [4.69, 9.17) is 18.9 Å². The number of carbonyl (C=O) groups excluding carboxylic acids is 1. The summed E-state index contributed by atoms with van der Waals surface area (Å²) < 4.78 is 21.6. The number of ketones is 1. The number of para-hydroxylation sites is 1. The van der Waals surface area contributed by atoms with Gasteiger partial charge in [-0.05, 0) is 30.3 Å². The fraction of sp³-hybridized carbons (Fsp3) is 0.211. The van der Waals surface area contributed by atoms with Crippen molar-refractivity contribution in [3.63, 3.8) is 0 Å². The number of benzene rings is 2. The van der Waals surface area contributed by atoms with Crippen molar-refractivity contribution in [1.29, 1.82) is 0 Å². The molecular weight excluding hydrogens is 308 g/mol. The van der Waals surface area contributed by atoms with Crippen LogP contribution >= 0.6 is 0 Å². The summed E-state index contributed by atoms with van der Waals surface area (Å²) in [7, 11) is 4.71. The highest BCUT2D eigenvalue weighted by atomic mass is 16.5. The van der Waals surface area contributed by atoms with E-state index in [9.17, 15) is 4.79 Å². The van der Waals surface area contributed by atoms with Gasteiger partial charge in [-0.15, -0.1) is 0 Å². The van der Waals surface area contributed by atoms with Gasteiger partial charge in [0, 0.05) is 11.1 Å². The molecule has 0 saturated carbocycles. The molecule has 3 rings (SSSR count). The van der Waals surface area contributed by atoms with Gasteiger partial charge in [-0.1, -0.05) is 12.1 Å². The van der Waals surface area contributed by atoms with Crippen LogP contribution in [-0.4, -0.2) is 33.7 Å². The zero-order valence-corrected chi connectivity index (χ0v) is 13.8. The van der Waals surface area contributed by atoms with Gasteiger partial charge in [0.2, 0.25) is 0 Å². The minimum absolute atomic E-state index is 0.0833. The fourth-order valence-electron chi connectivity index (χ4n) is 2.65. The van der Waals surface area contributed by atoms with Crippen LogP contribution in [0.4, 0.5) is 0 Å². The molecule has 5 nitrogen and oxygen atoms in total. The molecular formula is C19H18O5. The number of carbonyl (C=O) groups is 1. The van der Waals surface area contributed by atoms with Crippen molar-refractivity contribution in [3.8, 4) is 23.0 Å². The zero-order valence-electron chi connectivity index (χ0n) is 13.8. The van der Waals surface area contributed by atoms with Crippen molar-refractivity contribution < 1.29 is 23.7 Å². The highest BCUT2D eigenvalue weighted by Gasteiger charge is 2.24. The van der Waals surface area contributed by atoms with Gasteiger partial charge in [-0.2, -0.15) is 0 Å². The van der Waals surface area contributed by atoms with Crippen LogP contribution in [0.15, 0.2) is 42.0 Å². The lowest BCUT2D eigenvalue weighted by molar-refractivity contribution is 0.100. The number of hydrogen-bond acceptors (Lipinski definition) is 5. The molecule has 1 aliphatic heterocycles. The highest BCUT2D eigenvalue weighted by molar-refractivity contribution is 6.14. The lowest BCUT2D eigenvalue weighted by Gasteiger charge is -2.20. The average molecular weight is 326 g/mol. The topological polar surface area (TPSA) is 54.0 Å². The summed E-state index contributed by atoms with van der Waals surface area (Å²) in [5.74, 6) is 2.29. The summed E-state index contributed by atoms with van der Waals surface area (Å²) in [4.78, 5) is 12.8. The Bertz CT molecular complexity index is 807. The van der Waals surface area contributed by atoms with Crippen LogP contribution in [-0.2, 0) is 0 Å². The first-order chi connectivity index (χ1) is 11.7. The Hall–Kier alpha value is -2.95. The van der Waals surface area contributed by atoms with Crippen LogP contribution in [0.3, 0.4) is 0 Å². The van der Waals surface area contributed by atoms with Crippen LogP contribution in [0.5, 0.6) is 23.0 Å². The molecule has 5 heteroatoms. The quantitative estimate of drug-likeness (QED) is 0.806.